The minimum absolute atomic E-state index is 0.180. The van der Waals surface area contributed by atoms with Gasteiger partial charge >= 0.3 is 0 Å². The summed E-state index contributed by atoms with van der Waals surface area (Å²) in [5, 5.41) is 6.55. The predicted molar refractivity (Wildman–Crippen MR) is 59.5 cm³/mol. The molecule has 2 aromatic rings. The molecule has 2 aromatic heterocycles. The molecule has 2 rings (SSSR count). The molecule has 17 heavy (non-hydrogen) atoms. The van der Waals surface area contributed by atoms with Crippen molar-refractivity contribution in [3.05, 3.63) is 40.8 Å². The first-order valence-electron chi connectivity index (χ1n) is 4.82. The number of hydrogen-bond acceptors (Lipinski definition) is 5. The van der Waals surface area contributed by atoms with Crippen LogP contribution in [0.15, 0.2) is 23.2 Å². The fraction of sp³-hybridized carbons (Fsp3) is 0.200. The second-order valence-corrected chi connectivity index (χ2v) is 3.74. The summed E-state index contributed by atoms with van der Waals surface area (Å²) in [5.41, 5.74) is 1.07. The molecule has 0 radical (unpaired) electrons. The number of nitrogens with one attached hydrogen (secondary N) is 1. The van der Waals surface area contributed by atoms with E-state index in [0.717, 1.165) is 5.69 Å². The lowest BCUT2D eigenvalue weighted by molar-refractivity contribution is 0.0949. The van der Waals surface area contributed by atoms with E-state index < -0.39 is 0 Å². The molecule has 0 atom stereocenters. The van der Waals surface area contributed by atoms with Gasteiger partial charge in [0.05, 0.1) is 17.1 Å². The van der Waals surface area contributed by atoms with E-state index in [9.17, 15) is 4.79 Å². The Morgan fingerprint density at radius 2 is 2.35 bits per heavy atom. The summed E-state index contributed by atoms with van der Waals surface area (Å²) in [5.74, 6) is 0.0712. The molecule has 7 heteroatoms. The molecular formula is C10H9ClN4O2. The van der Waals surface area contributed by atoms with Gasteiger partial charge in [0.2, 0.25) is 6.39 Å². The second kappa shape index (κ2) is 4.92. The van der Waals surface area contributed by atoms with Gasteiger partial charge in [-0.15, -0.1) is 0 Å². The monoisotopic (exact) mass is 252 g/mol. The average molecular weight is 253 g/mol. The number of carbonyl (C=O) groups is 1. The molecule has 0 saturated heterocycles. The summed E-state index contributed by atoms with van der Waals surface area (Å²) in [7, 11) is 0. The van der Waals surface area contributed by atoms with Crippen LogP contribution in [0.4, 0.5) is 0 Å². The van der Waals surface area contributed by atoms with Crippen LogP contribution in [-0.4, -0.2) is 21.0 Å². The predicted octanol–water partition coefficient (Wildman–Crippen LogP) is 1.36. The third-order valence-corrected chi connectivity index (χ3v) is 2.36. The number of aromatic nitrogens is 3. The van der Waals surface area contributed by atoms with E-state index in [1.54, 1.807) is 13.0 Å². The number of rotatable bonds is 3. The molecular weight excluding hydrogens is 244 g/mol. The van der Waals surface area contributed by atoms with Crippen LogP contribution in [0.5, 0.6) is 0 Å². The minimum Gasteiger partial charge on any atom is -0.345 e. The molecule has 0 fully saturated rings. The Labute approximate surface area is 102 Å². The first-order chi connectivity index (χ1) is 8.16. The Kier molecular flexibility index (Phi) is 3.34. The van der Waals surface area contributed by atoms with E-state index in [4.69, 9.17) is 11.6 Å². The van der Waals surface area contributed by atoms with Crippen LogP contribution in [0.1, 0.15) is 21.9 Å². The highest BCUT2D eigenvalue weighted by Gasteiger charge is 2.11. The number of amides is 1. The van der Waals surface area contributed by atoms with E-state index in [1.807, 2.05) is 0 Å². The zero-order chi connectivity index (χ0) is 12.3. The zero-order valence-electron chi connectivity index (χ0n) is 8.98. The second-order valence-electron chi connectivity index (χ2n) is 3.34. The quantitative estimate of drug-likeness (QED) is 0.892. The molecule has 0 aliphatic rings. The smallest absolute Gasteiger partial charge is 0.254 e. The summed E-state index contributed by atoms with van der Waals surface area (Å²) >= 11 is 5.93. The Bertz CT molecular complexity index is 527. The van der Waals surface area contributed by atoms with Crippen molar-refractivity contribution in [1.29, 1.82) is 0 Å². The third-order valence-electron chi connectivity index (χ3n) is 2.05. The first kappa shape index (κ1) is 11.5. The van der Waals surface area contributed by atoms with E-state index >= 15 is 0 Å². The van der Waals surface area contributed by atoms with Crippen LogP contribution in [0, 0.1) is 6.92 Å². The van der Waals surface area contributed by atoms with Crippen molar-refractivity contribution in [2.75, 3.05) is 0 Å². The number of nitrogens with zero attached hydrogens (tertiary/aromatic N) is 3. The van der Waals surface area contributed by atoms with Gasteiger partial charge in [-0.2, -0.15) is 4.98 Å². The molecule has 0 saturated carbocycles. The molecule has 0 bridgehead atoms. The van der Waals surface area contributed by atoms with Crippen molar-refractivity contribution in [2.45, 2.75) is 13.5 Å². The first-order valence-corrected chi connectivity index (χ1v) is 5.20. The van der Waals surface area contributed by atoms with Gasteiger partial charge in [-0.1, -0.05) is 16.8 Å². The molecule has 88 valence electrons. The maximum Gasteiger partial charge on any atom is 0.254 e. The van der Waals surface area contributed by atoms with Gasteiger partial charge in [0.15, 0.2) is 5.82 Å². The molecule has 0 aromatic carbocycles. The number of aryl methyl sites for hydroxylation is 1. The van der Waals surface area contributed by atoms with Gasteiger partial charge in [0.25, 0.3) is 5.91 Å². The number of pyridine rings is 1. The van der Waals surface area contributed by atoms with E-state index in [2.05, 4.69) is 25.0 Å². The fourth-order valence-corrected chi connectivity index (χ4v) is 1.51. The van der Waals surface area contributed by atoms with Crippen LogP contribution in [-0.2, 0) is 6.54 Å². The molecule has 0 unspecified atom stereocenters. The number of hydrogen-bond donors (Lipinski definition) is 1. The van der Waals surface area contributed by atoms with Gasteiger partial charge in [0, 0.05) is 11.9 Å². The highest BCUT2D eigenvalue weighted by molar-refractivity contribution is 6.33. The maximum absolute atomic E-state index is 11.8. The van der Waals surface area contributed by atoms with Crippen LogP contribution in [0.25, 0.3) is 0 Å². The van der Waals surface area contributed by atoms with Gasteiger partial charge in [-0.25, -0.2) is 0 Å². The molecule has 0 spiro atoms. The van der Waals surface area contributed by atoms with Crippen molar-refractivity contribution < 1.29 is 9.32 Å². The van der Waals surface area contributed by atoms with Gasteiger partial charge in [0.1, 0.15) is 0 Å². The zero-order valence-corrected chi connectivity index (χ0v) is 9.73. The van der Waals surface area contributed by atoms with E-state index in [-0.39, 0.29) is 12.5 Å². The SMILES string of the molecule is Cc1cc(Cl)c(C(=O)NCc2ncon2)cn1. The summed E-state index contributed by atoms with van der Waals surface area (Å²) in [4.78, 5) is 19.5. The van der Waals surface area contributed by atoms with Crippen molar-refractivity contribution in [2.24, 2.45) is 0 Å². The van der Waals surface area contributed by atoms with Crippen LogP contribution >= 0.6 is 11.6 Å². The molecule has 1 amide bonds. The average Bonchev–Trinajstić information content (AvgIpc) is 2.78. The van der Waals surface area contributed by atoms with Crippen LogP contribution < -0.4 is 5.32 Å². The van der Waals surface area contributed by atoms with Crippen molar-refractivity contribution in [3.8, 4) is 0 Å². The maximum atomic E-state index is 11.8. The van der Waals surface area contributed by atoms with Crippen molar-refractivity contribution in [3.63, 3.8) is 0 Å². The van der Waals surface area contributed by atoms with Crippen molar-refractivity contribution >= 4 is 17.5 Å². The van der Waals surface area contributed by atoms with E-state index in [0.29, 0.717) is 16.4 Å². The van der Waals surface area contributed by atoms with E-state index in [1.165, 1.54) is 12.6 Å². The molecule has 1 N–H and O–H groups in total. The fourth-order valence-electron chi connectivity index (χ4n) is 1.22. The van der Waals surface area contributed by atoms with Gasteiger partial charge in [-0.3, -0.25) is 9.78 Å². The lowest BCUT2D eigenvalue weighted by Crippen LogP contribution is -2.23. The van der Waals surface area contributed by atoms with Crippen LogP contribution in [0.3, 0.4) is 0 Å². The summed E-state index contributed by atoms with van der Waals surface area (Å²) in [6, 6.07) is 1.63. The highest BCUT2D eigenvalue weighted by Crippen LogP contribution is 2.15. The lowest BCUT2D eigenvalue weighted by Gasteiger charge is -2.04. The minimum atomic E-state index is -0.327. The topological polar surface area (TPSA) is 80.9 Å². The molecule has 6 nitrogen and oxygen atoms in total. The molecule has 0 aliphatic carbocycles. The Morgan fingerprint density at radius 1 is 1.53 bits per heavy atom. The number of carbonyl (C=O) groups excluding carboxylic acids is 1. The van der Waals surface area contributed by atoms with Crippen LogP contribution in [0.2, 0.25) is 5.02 Å². The van der Waals surface area contributed by atoms with Gasteiger partial charge < -0.3 is 9.84 Å². The number of halogens is 1. The Hall–Kier alpha value is -1.95. The highest BCUT2D eigenvalue weighted by atomic mass is 35.5. The van der Waals surface area contributed by atoms with Crippen molar-refractivity contribution in [1.82, 2.24) is 20.4 Å². The normalized spacial score (nSPS) is 10.2. The standard InChI is InChI=1S/C10H9ClN4O2/c1-6-2-8(11)7(3-12-6)10(16)13-4-9-14-5-17-15-9/h2-3,5H,4H2,1H3,(H,13,16). The Balaban J connectivity index is 2.04. The molecule has 2 heterocycles. The molecule has 0 aliphatic heterocycles. The summed E-state index contributed by atoms with van der Waals surface area (Å²) in [6.07, 6.45) is 2.63. The summed E-state index contributed by atoms with van der Waals surface area (Å²) in [6.45, 7) is 1.98. The summed E-state index contributed by atoms with van der Waals surface area (Å²) < 4.78 is 4.54. The van der Waals surface area contributed by atoms with Gasteiger partial charge in [-0.05, 0) is 13.0 Å². The Morgan fingerprint density at radius 3 is 3.00 bits per heavy atom. The largest absolute Gasteiger partial charge is 0.345 e. The third kappa shape index (κ3) is 2.79. The lowest BCUT2D eigenvalue weighted by atomic mass is 10.2.